The number of fused-ring (bicyclic) bond motifs is 1. The van der Waals surface area contributed by atoms with Gasteiger partial charge in [0, 0.05) is 0 Å². The Morgan fingerprint density at radius 1 is 1.33 bits per heavy atom. The van der Waals surface area contributed by atoms with Crippen LogP contribution in [-0.4, -0.2) is 5.16 Å². The van der Waals surface area contributed by atoms with E-state index in [0.717, 1.165) is 12.1 Å². The van der Waals surface area contributed by atoms with Crippen molar-refractivity contribution in [2.75, 3.05) is 0 Å². The molecule has 0 atom stereocenters. The summed E-state index contributed by atoms with van der Waals surface area (Å²) in [6, 6.07) is 2.04. The molecule has 0 unspecified atom stereocenters. The summed E-state index contributed by atoms with van der Waals surface area (Å²) in [5.74, 6) is -2.18. The first-order chi connectivity index (χ1) is 5.70. The summed E-state index contributed by atoms with van der Waals surface area (Å²) in [4.78, 5) is 10.8. The summed E-state index contributed by atoms with van der Waals surface area (Å²) in [6.07, 6.45) is 0. The van der Waals surface area contributed by atoms with Gasteiger partial charge in [-0.05, 0) is 12.1 Å². The van der Waals surface area contributed by atoms with Crippen LogP contribution in [0.2, 0.25) is 0 Å². The molecule has 0 bridgehead atoms. The van der Waals surface area contributed by atoms with Gasteiger partial charge in [-0.2, -0.15) is 9.55 Å². The molecule has 0 radical (unpaired) electrons. The van der Waals surface area contributed by atoms with Crippen molar-refractivity contribution < 1.29 is 13.3 Å². The molecule has 3 nitrogen and oxygen atoms in total. The fourth-order valence-electron chi connectivity index (χ4n) is 0.963. The van der Waals surface area contributed by atoms with Gasteiger partial charge < -0.3 is 4.52 Å². The predicted molar refractivity (Wildman–Crippen MR) is 36.8 cm³/mol. The SMILES string of the molecule is O=c1[nH]oc2c(F)c(F)ccc12. The first-order valence-electron chi connectivity index (χ1n) is 3.15. The van der Waals surface area contributed by atoms with Crippen LogP contribution in [0.5, 0.6) is 0 Å². The van der Waals surface area contributed by atoms with E-state index in [2.05, 4.69) is 4.52 Å². The maximum absolute atomic E-state index is 12.8. The van der Waals surface area contributed by atoms with E-state index in [9.17, 15) is 13.6 Å². The van der Waals surface area contributed by atoms with Gasteiger partial charge in [-0.3, -0.25) is 4.79 Å². The molecule has 1 aromatic carbocycles. The number of H-pyrrole nitrogens is 1. The summed E-state index contributed by atoms with van der Waals surface area (Å²) in [7, 11) is 0. The molecule has 0 saturated carbocycles. The number of halogens is 2. The molecule has 0 saturated heterocycles. The van der Waals surface area contributed by atoms with Crippen LogP contribution in [0.15, 0.2) is 21.5 Å². The number of nitrogens with one attached hydrogen (secondary N) is 1. The van der Waals surface area contributed by atoms with Gasteiger partial charge in [-0.1, -0.05) is 0 Å². The van der Waals surface area contributed by atoms with E-state index in [4.69, 9.17) is 0 Å². The van der Waals surface area contributed by atoms with Crippen LogP contribution >= 0.6 is 0 Å². The molecule has 0 spiro atoms. The first-order valence-corrected chi connectivity index (χ1v) is 3.15. The summed E-state index contributed by atoms with van der Waals surface area (Å²) in [5.41, 5.74) is -0.941. The van der Waals surface area contributed by atoms with E-state index in [1.807, 2.05) is 5.16 Å². The van der Waals surface area contributed by atoms with E-state index in [1.54, 1.807) is 0 Å². The van der Waals surface area contributed by atoms with Crippen molar-refractivity contribution in [3.8, 4) is 0 Å². The maximum atomic E-state index is 12.8. The van der Waals surface area contributed by atoms with E-state index in [1.165, 1.54) is 0 Å². The minimum absolute atomic E-state index is 0.00824. The molecule has 0 aliphatic rings. The highest BCUT2D eigenvalue weighted by Crippen LogP contribution is 2.16. The van der Waals surface area contributed by atoms with Crippen LogP contribution in [0, 0.1) is 11.6 Å². The zero-order valence-electron chi connectivity index (χ0n) is 5.73. The smallest absolute Gasteiger partial charge is 0.287 e. The molecule has 0 fully saturated rings. The lowest BCUT2D eigenvalue weighted by Crippen LogP contribution is -1.96. The molecule has 1 aromatic heterocycles. The minimum atomic E-state index is -1.15. The fourth-order valence-corrected chi connectivity index (χ4v) is 0.963. The fraction of sp³-hybridized carbons (Fsp3) is 0. The second kappa shape index (κ2) is 2.17. The standard InChI is InChI=1S/C7H3F2NO2/c8-4-2-1-3-6(5(4)9)12-10-7(3)11/h1-2H,(H,10,11). The number of hydrogen-bond donors (Lipinski definition) is 1. The summed E-state index contributed by atoms with van der Waals surface area (Å²) < 4.78 is 29.7. The van der Waals surface area contributed by atoms with Gasteiger partial charge in [-0.25, -0.2) is 4.39 Å². The topological polar surface area (TPSA) is 46.0 Å². The third kappa shape index (κ3) is 0.761. The molecule has 62 valence electrons. The molecule has 0 aliphatic heterocycles. The maximum Gasteiger partial charge on any atom is 0.287 e. The average molecular weight is 171 g/mol. The quantitative estimate of drug-likeness (QED) is 0.651. The predicted octanol–water partition coefficient (Wildman–Crippen LogP) is 1.40. The van der Waals surface area contributed by atoms with Crippen LogP contribution in [0.25, 0.3) is 11.0 Å². The van der Waals surface area contributed by atoms with Crippen molar-refractivity contribution in [1.82, 2.24) is 5.16 Å². The normalized spacial score (nSPS) is 10.8. The molecule has 5 heteroatoms. The summed E-state index contributed by atoms with van der Waals surface area (Å²) in [6.45, 7) is 0. The molecule has 1 heterocycles. The van der Waals surface area contributed by atoms with Gasteiger partial charge >= 0.3 is 0 Å². The van der Waals surface area contributed by atoms with Gasteiger partial charge in [-0.15, -0.1) is 0 Å². The highest BCUT2D eigenvalue weighted by Gasteiger charge is 2.12. The van der Waals surface area contributed by atoms with Crippen LogP contribution in [0.3, 0.4) is 0 Å². The number of rotatable bonds is 0. The second-order valence-corrected chi connectivity index (χ2v) is 2.27. The first kappa shape index (κ1) is 7.02. The molecule has 0 aliphatic carbocycles. The van der Waals surface area contributed by atoms with Crippen molar-refractivity contribution in [3.05, 3.63) is 34.1 Å². The number of hydrogen-bond acceptors (Lipinski definition) is 2. The van der Waals surface area contributed by atoms with Gasteiger partial charge in [0.2, 0.25) is 11.4 Å². The zero-order valence-corrected chi connectivity index (χ0v) is 5.73. The highest BCUT2D eigenvalue weighted by atomic mass is 19.2. The number of aromatic nitrogens is 1. The van der Waals surface area contributed by atoms with Crippen molar-refractivity contribution in [1.29, 1.82) is 0 Å². The molecule has 1 N–H and O–H groups in total. The highest BCUT2D eigenvalue weighted by molar-refractivity contribution is 5.76. The number of aromatic amines is 1. The third-order valence-electron chi connectivity index (χ3n) is 1.54. The molecule has 2 aromatic rings. The van der Waals surface area contributed by atoms with Gasteiger partial charge in [0.25, 0.3) is 5.56 Å². The van der Waals surface area contributed by atoms with Gasteiger partial charge in [0.05, 0.1) is 5.39 Å². The molecule has 0 amide bonds. The van der Waals surface area contributed by atoms with Gasteiger partial charge in [0.15, 0.2) is 5.82 Å². The van der Waals surface area contributed by atoms with Crippen molar-refractivity contribution in [3.63, 3.8) is 0 Å². The Hall–Kier alpha value is -1.65. The summed E-state index contributed by atoms with van der Waals surface area (Å²) >= 11 is 0. The van der Waals surface area contributed by atoms with Crippen LogP contribution in [0.4, 0.5) is 8.78 Å². The van der Waals surface area contributed by atoms with E-state index in [0.29, 0.717) is 0 Å². The third-order valence-corrected chi connectivity index (χ3v) is 1.54. The van der Waals surface area contributed by atoms with E-state index >= 15 is 0 Å². The van der Waals surface area contributed by atoms with Crippen LogP contribution < -0.4 is 5.56 Å². The molecule has 12 heavy (non-hydrogen) atoms. The Morgan fingerprint density at radius 2 is 2.08 bits per heavy atom. The van der Waals surface area contributed by atoms with Crippen molar-refractivity contribution in [2.24, 2.45) is 0 Å². The lowest BCUT2D eigenvalue weighted by molar-refractivity contribution is 0.422. The molecular formula is C7H3F2NO2. The second-order valence-electron chi connectivity index (χ2n) is 2.27. The Morgan fingerprint density at radius 3 is 2.83 bits per heavy atom. The Kier molecular flexibility index (Phi) is 1.27. The molecule has 2 rings (SSSR count). The lowest BCUT2D eigenvalue weighted by Gasteiger charge is -1.89. The number of benzene rings is 1. The monoisotopic (exact) mass is 171 g/mol. The lowest BCUT2D eigenvalue weighted by atomic mass is 10.2. The summed E-state index contributed by atoms with van der Waals surface area (Å²) in [5, 5.41) is 1.92. The Labute approximate surface area is 64.6 Å². The molecular weight excluding hydrogens is 168 g/mol. The zero-order chi connectivity index (χ0) is 8.72. The average Bonchev–Trinajstić information content (AvgIpc) is 2.41. The van der Waals surface area contributed by atoms with Gasteiger partial charge in [0.1, 0.15) is 0 Å². The minimum Gasteiger partial charge on any atom is -0.375 e. The van der Waals surface area contributed by atoms with E-state index in [-0.39, 0.29) is 11.0 Å². The van der Waals surface area contributed by atoms with Crippen molar-refractivity contribution >= 4 is 11.0 Å². The van der Waals surface area contributed by atoms with Crippen LogP contribution in [0.1, 0.15) is 0 Å². The van der Waals surface area contributed by atoms with Crippen LogP contribution in [-0.2, 0) is 0 Å². The largest absolute Gasteiger partial charge is 0.375 e. The Balaban J connectivity index is 3.02. The Bertz CT molecular complexity index is 486. The van der Waals surface area contributed by atoms with E-state index < -0.39 is 17.2 Å². The van der Waals surface area contributed by atoms with Crippen molar-refractivity contribution in [2.45, 2.75) is 0 Å².